The first-order chi connectivity index (χ1) is 8.65. The fourth-order valence-electron chi connectivity index (χ4n) is 2.08. The maximum absolute atomic E-state index is 5.43. The zero-order chi connectivity index (χ0) is 13.1. The Bertz CT molecular complexity index is 585. The molecule has 0 radical (unpaired) electrons. The minimum atomic E-state index is 0.389. The number of aromatic amines is 1. The molecule has 1 atom stereocenters. The van der Waals surface area contributed by atoms with E-state index in [0.717, 1.165) is 28.1 Å². The van der Waals surface area contributed by atoms with Crippen molar-refractivity contribution in [1.82, 2.24) is 14.5 Å². The van der Waals surface area contributed by atoms with E-state index in [4.69, 9.17) is 12.2 Å². The summed E-state index contributed by atoms with van der Waals surface area (Å²) in [7, 11) is 0. The Labute approximate surface area is 117 Å². The highest BCUT2D eigenvalue weighted by molar-refractivity contribution is 7.99. The fraction of sp³-hybridized carbons (Fsp3) is 0.538. The summed E-state index contributed by atoms with van der Waals surface area (Å²) in [5, 5.41) is 0. The Kier molecular flexibility index (Phi) is 4.45. The normalized spacial score (nSPS) is 13.1. The molecule has 98 valence electrons. The first-order valence-electron chi connectivity index (χ1n) is 6.28. The van der Waals surface area contributed by atoms with Crippen LogP contribution in [0.3, 0.4) is 0 Å². The molecular formula is C13H19N3S2. The van der Waals surface area contributed by atoms with Crippen molar-refractivity contribution in [1.29, 1.82) is 0 Å². The molecule has 0 aliphatic heterocycles. The molecular weight excluding hydrogens is 262 g/mol. The summed E-state index contributed by atoms with van der Waals surface area (Å²) in [4.78, 5) is 7.75. The quantitative estimate of drug-likeness (QED) is 0.661. The molecule has 0 saturated carbocycles. The van der Waals surface area contributed by atoms with Crippen molar-refractivity contribution < 1.29 is 0 Å². The first-order valence-corrected chi connectivity index (χ1v) is 7.85. The summed E-state index contributed by atoms with van der Waals surface area (Å²) in [6, 6.07) is 2.40. The molecule has 1 unspecified atom stereocenters. The minimum absolute atomic E-state index is 0.389. The van der Waals surface area contributed by atoms with Crippen molar-refractivity contribution in [2.24, 2.45) is 0 Å². The zero-order valence-electron chi connectivity index (χ0n) is 11.1. The summed E-state index contributed by atoms with van der Waals surface area (Å²) in [6.07, 6.45) is 2.97. The van der Waals surface area contributed by atoms with Gasteiger partial charge in [-0.25, -0.2) is 4.98 Å². The highest BCUT2D eigenvalue weighted by atomic mass is 32.2. The Morgan fingerprint density at radius 3 is 3.06 bits per heavy atom. The lowest BCUT2D eigenvalue weighted by atomic mass is 10.2. The van der Waals surface area contributed by atoms with Crippen LogP contribution >= 0.6 is 24.0 Å². The monoisotopic (exact) mass is 281 g/mol. The molecule has 3 nitrogen and oxygen atoms in total. The smallest absolute Gasteiger partial charge is 0.179 e. The van der Waals surface area contributed by atoms with Gasteiger partial charge in [-0.2, -0.15) is 11.8 Å². The summed E-state index contributed by atoms with van der Waals surface area (Å²) < 4.78 is 2.93. The van der Waals surface area contributed by atoms with E-state index in [-0.39, 0.29) is 0 Å². The molecule has 0 bridgehead atoms. The lowest BCUT2D eigenvalue weighted by Gasteiger charge is -2.13. The molecule has 0 aromatic carbocycles. The molecule has 1 N–H and O–H groups in total. The van der Waals surface area contributed by atoms with Crippen LogP contribution in [0.4, 0.5) is 0 Å². The second kappa shape index (κ2) is 5.89. The lowest BCUT2D eigenvalue weighted by molar-refractivity contribution is 0.539. The van der Waals surface area contributed by atoms with Crippen LogP contribution in [0, 0.1) is 11.7 Å². The number of aromatic nitrogens is 3. The van der Waals surface area contributed by atoms with Crippen LogP contribution < -0.4 is 0 Å². The summed E-state index contributed by atoms with van der Waals surface area (Å²) >= 11 is 7.40. The average molecular weight is 281 g/mol. The van der Waals surface area contributed by atoms with Gasteiger partial charge in [0.05, 0.1) is 5.52 Å². The van der Waals surface area contributed by atoms with Crippen molar-refractivity contribution in [3.05, 3.63) is 22.6 Å². The number of nitrogens with one attached hydrogen (secondary N) is 1. The maximum Gasteiger partial charge on any atom is 0.179 e. The third-order valence-electron chi connectivity index (χ3n) is 3.14. The summed E-state index contributed by atoms with van der Waals surface area (Å²) in [5.74, 6) is 2.33. The van der Waals surface area contributed by atoms with Crippen LogP contribution in [-0.2, 0) is 0 Å². The number of fused-ring (bicyclic) bond motifs is 1. The number of aryl methyl sites for hydroxylation is 1. The van der Waals surface area contributed by atoms with Gasteiger partial charge in [0.25, 0.3) is 0 Å². The topological polar surface area (TPSA) is 33.6 Å². The number of pyridine rings is 1. The van der Waals surface area contributed by atoms with Gasteiger partial charge >= 0.3 is 0 Å². The molecule has 2 aromatic heterocycles. The molecule has 2 rings (SSSR count). The van der Waals surface area contributed by atoms with Gasteiger partial charge in [-0.3, -0.25) is 4.57 Å². The van der Waals surface area contributed by atoms with Gasteiger partial charge in [0, 0.05) is 12.2 Å². The third kappa shape index (κ3) is 2.62. The number of hydrogen-bond acceptors (Lipinski definition) is 3. The maximum atomic E-state index is 5.43. The van der Waals surface area contributed by atoms with E-state index >= 15 is 0 Å². The largest absolute Gasteiger partial charge is 0.329 e. The standard InChI is InChI=1S/C13H19N3S2/c1-4-18-8-6-10(3)16-12-11(15-13(16)17)9(2)5-7-14-12/h5,7,10H,4,6,8H2,1-3H3,(H,15,17). The Morgan fingerprint density at radius 1 is 1.56 bits per heavy atom. The molecule has 0 aliphatic rings. The lowest BCUT2D eigenvalue weighted by Crippen LogP contribution is -2.07. The van der Waals surface area contributed by atoms with Gasteiger partial charge in [-0.05, 0) is 55.6 Å². The van der Waals surface area contributed by atoms with Crippen molar-refractivity contribution >= 4 is 35.1 Å². The van der Waals surface area contributed by atoms with Gasteiger partial charge in [0.1, 0.15) is 0 Å². The molecule has 2 aromatic rings. The number of H-pyrrole nitrogens is 1. The predicted octanol–water partition coefficient (Wildman–Crippen LogP) is 4.11. The minimum Gasteiger partial charge on any atom is -0.329 e. The van der Waals surface area contributed by atoms with Crippen molar-refractivity contribution in [3.8, 4) is 0 Å². The average Bonchev–Trinajstić information content (AvgIpc) is 2.67. The molecule has 0 amide bonds. The number of imidazole rings is 1. The van der Waals surface area contributed by atoms with Gasteiger partial charge in [0.2, 0.25) is 0 Å². The molecule has 18 heavy (non-hydrogen) atoms. The number of hydrogen-bond donors (Lipinski definition) is 1. The molecule has 0 saturated heterocycles. The van der Waals surface area contributed by atoms with Crippen LogP contribution in [0.2, 0.25) is 0 Å². The van der Waals surface area contributed by atoms with E-state index in [2.05, 4.69) is 35.3 Å². The summed E-state index contributed by atoms with van der Waals surface area (Å²) in [6.45, 7) is 6.48. The molecule has 0 spiro atoms. The van der Waals surface area contributed by atoms with Crippen LogP contribution in [0.25, 0.3) is 11.2 Å². The van der Waals surface area contributed by atoms with E-state index in [1.807, 2.05) is 24.0 Å². The van der Waals surface area contributed by atoms with Crippen LogP contribution in [0.1, 0.15) is 31.9 Å². The van der Waals surface area contributed by atoms with Crippen molar-refractivity contribution in [2.45, 2.75) is 33.2 Å². The zero-order valence-corrected chi connectivity index (χ0v) is 12.7. The Balaban J connectivity index is 2.35. The molecule has 5 heteroatoms. The van der Waals surface area contributed by atoms with Gasteiger partial charge in [-0.1, -0.05) is 6.92 Å². The summed E-state index contributed by atoms with van der Waals surface area (Å²) in [5.41, 5.74) is 3.24. The number of rotatable bonds is 5. The van der Waals surface area contributed by atoms with E-state index < -0.39 is 0 Å². The second-order valence-corrected chi connectivity index (χ2v) is 6.24. The van der Waals surface area contributed by atoms with E-state index in [1.54, 1.807) is 0 Å². The third-order valence-corrected chi connectivity index (χ3v) is 4.37. The molecule has 0 aliphatic carbocycles. The highest BCUT2D eigenvalue weighted by Gasteiger charge is 2.12. The number of thioether (sulfide) groups is 1. The highest BCUT2D eigenvalue weighted by Crippen LogP contribution is 2.22. The van der Waals surface area contributed by atoms with Crippen LogP contribution in [-0.4, -0.2) is 26.0 Å². The second-order valence-electron chi connectivity index (χ2n) is 4.46. The van der Waals surface area contributed by atoms with E-state index in [0.29, 0.717) is 6.04 Å². The van der Waals surface area contributed by atoms with E-state index in [1.165, 1.54) is 11.3 Å². The van der Waals surface area contributed by atoms with E-state index in [9.17, 15) is 0 Å². The SMILES string of the molecule is CCSCCC(C)n1c(=S)[nH]c2c(C)ccnc21. The first kappa shape index (κ1) is 13.6. The molecule has 2 heterocycles. The molecule has 0 fully saturated rings. The predicted molar refractivity (Wildman–Crippen MR) is 82.0 cm³/mol. The van der Waals surface area contributed by atoms with Gasteiger partial charge in [0.15, 0.2) is 10.4 Å². The van der Waals surface area contributed by atoms with Gasteiger partial charge in [-0.15, -0.1) is 0 Å². The van der Waals surface area contributed by atoms with Crippen LogP contribution in [0.5, 0.6) is 0 Å². The van der Waals surface area contributed by atoms with Crippen molar-refractivity contribution in [3.63, 3.8) is 0 Å². The fourth-order valence-corrected chi connectivity index (χ4v) is 3.25. The number of nitrogens with zero attached hydrogens (tertiary/aromatic N) is 2. The van der Waals surface area contributed by atoms with Crippen LogP contribution in [0.15, 0.2) is 12.3 Å². The van der Waals surface area contributed by atoms with Crippen molar-refractivity contribution in [2.75, 3.05) is 11.5 Å². The van der Waals surface area contributed by atoms with Gasteiger partial charge < -0.3 is 4.98 Å². The Hall–Kier alpha value is -0.810. The Morgan fingerprint density at radius 2 is 2.33 bits per heavy atom.